The molecule has 1 saturated carbocycles. The van der Waals surface area contributed by atoms with E-state index < -0.39 is 29.9 Å². The normalized spacial score (nSPS) is 24.7. The van der Waals surface area contributed by atoms with Gasteiger partial charge < -0.3 is 14.3 Å². The van der Waals surface area contributed by atoms with Gasteiger partial charge >= 0.3 is 6.18 Å². The number of oxazole rings is 1. The van der Waals surface area contributed by atoms with Crippen LogP contribution in [-0.2, 0) is 4.74 Å². The van der Waals surface area contributed by atoms with E-state index in [-0.39, 0.29) is 29.3 Å². The van der Waals surface area contributed by atoms with Gasteiger partial charge in [0.05, 0.1) is 6.20 Å². The number of halogens is 4. The Bertz CT molecular complexity index is 1110. The molecule has 1 saturated heterocycles. The minimum Gasteiger partial charge on any atom is -0.466 e. The van der Waals surface area contributed by atoms with E-state index in [9.17, 15) is 22.7 Å². The van der Waals surface area contributed by atoms with Crippen LogP contribution in [0.1, 0.15) is 31.6 Å². The van der Waals surface area contributed by atoms with Crippen LogP contribution >= 0.6 is 0 Å². The summed E-state index contributed by atoms with van der Waals surface area (Å²) in [5, 5.41) is 11.1. The molecule has 1 aliphatic carbocycles. The summed E-state index contributed by atoms with van der Waals surface area (Å²) < 4.78 is 63.9. The van der Waals surface area contributed by atoms with Gasteiger partial charge in [-0.05, 0) is 43.7 Å². The smallest absolute Gasteiger partial charge is 0.413 e. The van der Waals surface area contributed by atoms with E-state index in [0.717, 1.165) is 6.92 Å². The fraction of sp³-hybridized carbons (Fsp3) is 0.391. The van der Waals surface area contributed by atoms with E-state index in [1.165, 1.54) is 24.6 Å². The van der Waals surface area contributed by atoms with E-state index >= 15 is 0 Å². The number of likely N-dealkylation sites (tertiary alicyclic amines) is 1. The van der Waals surface area contributed by atoms with Crippen LogP contribution in [0.2, 0.25) is 0 Å². The van der Waals surface area contributed by atoms with Crippen LogP contribution in [-0.4, -0.2) is 45.8 Å². The van der Waals surface area contributed by atoms with Gasteiger partial charge in [0.25, 0.3) is 5.90 Å². The Morgan fingerprint density at radius 1 is 1.42 bits per heavy atom. The molecule has 174 valence electrons. The predicted octanol–water partition coefficient (Wildman–Crippen LogP) is 4.45. The molecular weight excluding hydrogens is 442 g/mol. The number of aromatic nitrogens is 1. The Labute approximate surface area is 187 Å². The number of aliphatic imine (C=N–C) groups is 1. The highest BCUT2D eigenvalue weighted by Gasteiger charge is 2.49. The molecule has 1 aromatic carbocycles. The molecule has 33 heavy (non-hydrogen) atoms. The van der Waals surface area contributed by atoms with E-state index in [1.54, 1.807) is 11.0 Å². The largest absolute Gasteiger partial charge is 0.466 e. The predicted molar refractivity (Wildman–Crippen MR) is 111 cm³/mol. The lowest BCUT2D eigenvalue weighted by Crippen LogP contribution is -2.45. The zero-order chi connectivity index (χ0) is 23.8. The molecular formula is C23H21F4N3O3. The average Bonchev–Trinajstić information content (AvgIpc) is 3.52. The summed E-state index contributed by atoms with van der Waals surface area (Å²) in [6, 6.07) is 4.02. The zero-order valence-electron chi connectivity index (χ0n) is 17.6. The van der Waals surface area contributed by atoms with Gasteiger partial charge in [-0.25, -0.2) is 14.4 Å². The first-order valence-electron chi connectivity index (χ1n) is 10.3. The molecule has 1 aliphatic heterocycles. The molecule has 0 radical (unpaired) electrons. The minimum absolute atomic E-state index is 0.0285. The minimum atomic E-state index is -4.52. The van der Waals surface area contributed by atoms with E-state index in [2.05, 4.69) is 15.9 Å². The zero-order valence-corrected chi connectivity index (χ0v) is 17.6. The second-order valence-electron chi connectivity index (χ2n) is 8.06. The molecule has 0 amide bonds. The van der Waals surface area contributed by atoms with Gasteiger partial charge in [0.2, 0.25) is 5.89 Å². The highest BCUT2D eigenvalue weighted by molar-refractivity contribution is 5.93. The lowest BCUT2D eigenvalue weighted by molar-refractivity contribution is -0.0915. The molecule has 2 bridgehead atoms. The van der Waals surface area contributed by atoms with E-state index in [4.69, 9.17) is 15.6 Å². The Hall–Kier alpha value is -3.16. The van der Waals surface area contributed by atoms with Crippen molar-refractivity contribution in [2.45, 2.75) is 44.3 Å². The first kappa shape index (κ1) is 23.0. The maximum absolute atomic E-state index is 14.8. The standard InChI is InChI=1S/C23H21F4N3O3/c1-3-19(29-11-13(2)23(25,26)27)33-18-10-14-9-17(18)30(12-14)22(31)20-15(5-4-6-16(20)24)21-28-7-8-32-21/h1,4-8,11,14,17-18,22,31H,9-10,12H2,2H3/b13-11+,29-19+. The molecule has 2 aliphatic rings. The van der Waals surface area contributed by atoms with Gasteiger partial charge in [0.15, 0.2) is 0 Å². The van der Waals surface area contributed by atoms with Crippen LogP contribution in [0.3, 0.4) is 0 Å². The molecule has 2 fully saturated rings. The summed E-state index contributed by atoms with van der Waals surface area (Å²) in [7, 11) is 0. The quantitative estimate of drug-likeness (QED) is 0.307. The molecule has 4 atom stereocenters. The lowest BCUT2D eigenvalue weighted by atomic mass is 10.0. The molecule has 2 heterocycles. The summed E-state index contributed by atoms with van der Waals surface area (Å²) in [6.45, 7) is 1.38. The third-order valence-corrected chi connectivity index (χ3v) is 5.96. The second kappa shape index (κ2) is 9.00. The fourth-order valence-corrected chi connectivity index (χ4v) is 4.40. The summed E-state index contributed by atoms with van der Waals surface area (Å²) in [4.78, 5) is 9.41. The number of allylic oxidation sites excluding steroid dienone is 1. The van der Waals surface area contributed by atoms with Crippen molar-refractivity contribution in [3.8, 4) is 23.8 Å². The van der Waals surface area contributed by atoms with Crippen LogP contribution in [0.4, 0.5) is 17.6 Å². The second-order valence-corrected chi connectivity index (χ2v) is 8.06. The van der Waals surface area contributed by atoms with Crippen LogP contribution in [0.5, 0.6) is 0 Å². The molecule has 2 aromatic rings. The number of hydrogen-bond acceptors (Lipinski definition) is 6. The Morgan fingerprint density at radius 3 is 2.85 bits per heavy atom. The molecule has 1 aromatic heterocycles. The number of nitrogens with zero attached hydrogens (tertiary/aromatic N) is 3. The lowest BCUT2D eigenvalue weighted by Gasteiger charge is -2.36. The van der Waals surface area contributed by atoms with Crippen LogP contribution in [0.15, 0.2) is 51.8 Å². The number of rotatable bonds is 5. The number of aliphatic hydroxyl groups is 1. The maximum Gasteiger partial charge on any atom is 0.413 e. The molecule has 1 N–H and O–H groups in total. The van der Waals surface area contributed by atoms with Crippen LogP contribution in [0.25, 0.3) is 11.5 Å². The highest BCUT2D eigenvalue weighted by atomic mass is 19.4. The number of piperidine rings is 1. The SMILES string of the molecule is C#C/C(=N\C=C(/C)C(F)(F)F)OC1CC2CC1N(C(O)c1c(F)cccc1-c1ncco1)C2. The number of ether oxygens (including phenoxy) is 1. The van der Waals surface area contributed by atoms with Crippen molar-refractivity contribution in [2.75, 3.05) is 6.54 Å². The van der Waals surface area contributed by atoms with Gasteiger partial charge in [-0.15, -0.1) is 6.42 Å². The summed E-state index contributed by atoms with van der Waals surface area (Å²) in [6.07, 6.45) is 3.70. The van der Waals surface area contributed by atoms with E-state index in [0.29, 0.717) is 31.1 Å². The Kier molecular flexibility index (Phi) is 6.28. The van der Waals surface area contributed by atoms with Crippen molar-refractivity contribution in [3.05, 3.63) is 53.8 Å². The Balaban J connectivity index is 1.55. The van der Waals surface area contributed by atoms with Crippen molar-refractivity contribution in [2.24, 2.45) is 10.9 Å². The average molecular weight is 463 g/mol. The van der Waals surface area contributed by atoms with Crippen molar-refractivity contribution < 1.29 is 31.8 Å². The highest BCUT2D eigenvalue weighted by Crippen LogP contribution is 2.44. The summed E-state index contributed by atoms with van der Waals surface area (Å²) in [5.74, 6) is 1.59. The number of aliphatic hydroxyl groups excluding tert-OH is 1. The van der Waals surface area contributed by atoms with Gasteiger partial charge in [0, 0.05) is 35.5 Å². The van der Waals surface area contributed by atoms with Gasteiger partial charge in [-0.2, -0.15) is 13.2 Å². The van der Waals surface area contributed by atoms with Crippen molar-refractivity contribution in [1.29, 1.82) is 0 Å². The first-order valence-corrected chi connectivity index (χ1v) is 10.3. The number of benzene rings is 1. The van der Waals surface area contributed by atoms with E-state index in [1.807, 2.05) is 0 Å². The molecule has 0 spiro atoms. The van der Waals surface area contributed by atoms with Gasteiger partial charge in [0.1, 0.15) is 24.4 Å². The third-order valence-electron chi connectivity index (χ3n) is 5.96. The monoisotopic (exact) mass is 463 g/mol. The van der Waals surface area contributed by atoms with Crippen molar-refractivity contribution in [3.63, 3.8) is 0 Å². The number of alkyl halides is 3. The Morgan fingerprint density at radius 2 is 2.21 bits per heavy atom. The van der Waals surface area contributed by atoms with Gasteiger partial charge in [-0.1, -0.05) is 6.07 Å². The number of fused-ring (bicyclic) bond motifs is 2. The molecule has 4 unspecified atom stereocenters. The van der Waals surface area contributed by atoms with Crippen molar-refractivity contribution >= 4 is 5.90 Å². The van der Waals surface area contributed by atoms with Crippen LogP contribution < -0.4 is 0 Å². The summed E-state index contributed by atoms with van der Waals surface area (Å²) in [5.41, 5.74) is -0.560. The first-order chi connectivity index (χ1) is 15.7. The summed E-state index contributed by atoms with van der Waals surface area (Å²) >= 11 is 0. The fourth-order valence-electron chi connectivity index (χ4n) is 4.40. The number of terminal acetylenes is 1. The molecule has 10 heteroatoms. The maximum atomic E-state index is 14.8. The number of hydrogen-bond donors (Lipinski definition) is 1. The molecule has 6 nitrogen and oxygen atoms in total. The third kappa shape index (κ3) is 4.65. The molecule has 4 rings (SSSR count). The van der Waals surface area contributed by atoms with Crippen LogP contribution in [0, 0.1) is 24.1 Å². The van der Waals surface area contributed by atoms with Crippen molar-refractivity contribution in [1.82, 2.24) is 9.88 Å². The van der Waals surface area contributed by atoms with Gasteiger partial charge in [-0.3, -0.25) is 4.90 Å². The topological polar surface area (TPSA) is 71.1 Å².